The summed E-state index contributed by atoms with van der Waals surface area (Å²) < 4.78 is 0. The molecule has 3 nitrogen and oxygen atoms in total. The van der Waals surface area contributed by atoms with E-state index in [9.17, 15) is 4.79 Å². The Bertz CT molecular complexity index is 324. The van der Waals surface area contributed by atoms with Crippen LogP contribution in [0.25, 0.3) is 0 Å². The summed E-state index contributed by atoms with van der Waals surface area (Å²) in [7, 11) is 1.82. The molecule has 0 saturated carbocycles. The number of likely N-dealkylation sites (N-methyl/N-ethyl adjacent to an activating group) is 1. The van der Waals surface area contributed by atoms with E-state index in [-0.39, 0.29) is 12.1 Å². The van der Waals surface area contributed by atoms with E-state index in [1.807, 2.05) is 39.1 Å². The molecule has 1 heterocycles. The highest BCUT2D eigenvalue weighted by Crippen LogP contribution is 2.08. The number of rotatable bonds is 2. The van der Waals surface area contributed by atoms with Crippen molar-refractivity contribution in [2.75, 3.05) is 13.6 Å². The highest BCUT2D eigenvalue weighted by atomic mass is 16.2. The minimum absolute atomic E-state index is 0.0333. The predicted molar refractivity (Wildman–Crippen MR) is 66.4 cm³/mol. The Kier molecular flexibility index (Phi) is 4.83. The van der Waals surface area contributed by atoms with Gasteiger partial charge in [0.1, 0.15) is 0 Å². The van der Waals surface area contributed by atoms with Crippen LogP contribution in [0.3, 0.4) is 0 Å². The van der Waals surface area contributed by atoms with Crippen molar-refractivity contribution < 1.29 is 4.79 Å². The van der Waals surface area contributed by atoms with E-state index in [0.29, 0.717) is 0 Å². The molecule has 0 aliphatic carbocycles. The molecule has 1 saturated heterocycles. The summed E-state index contributed by atoms with van der Waals surface area (Å²) in [5.74, 6) is 0. The van der Waals surface area contributed by atoms with E-state index in [4.69, 9.17) is 0 Å². The van der Waals surface area contributed by atoms with Crippen LogP contribution in [0.15, 0.2) is 30.3 Å². The van der Waals surface area contributed by atoms with Gasteiger partial charge in [0.15, 0.2) is 0 Å². The van der Waals surface area contributed by atoms with Crippen molar-refractivity contribution >= 4 is 6.03 Å². The second kappa shape index (κ2) is 6.16. The van der Waals surface area contributed by atoms with Gasteiger partial charge in [-0.2, -0.15) is 0 Å². The number of nitrogens with one attached hydrogen (secondary N) is 1. The van der Waals surface area contributed by atoms with E-state index in [1.165, 1.54) is 5.56 Å². The summed E-state index contributed by atoms with van der Waals surface area (Å²) >= 11 is 0. The fourth-order valence-corrected chi connectivity index (χ4v) is 1.76. The average Bonchev–Trinajstić information content (AvgIpc) is 2.62. The van der Waals surface area contributed by atoms with Gasteiger partial charge < -0.3 is 10.2 Å². The lowest BCUT2D eigenvalue weighted by Gasteiger charge is -2.08. The minimum atomic E-state index is 0.0333. The molecular formula is C13H20N2O. The molecule has 0 bridgehead atoms. The second-order valence-electron chi connectivity index (χ2n) is 3.72. The van der Waals surface area contributed by atoms with Crippen molar-refractivity contribution in [3.8, 4) is 0 Å². The van der Waals surface area contributed by atoms with Crippen LogP contribution in [0.4, 0.5) is 4.79 Å². The molecule has 1 aromatic rings. The van der Waals surface area contributed by atoms with Gasteiger partial charge in [0, 0.05) is 13.6 Å². The van der Waals surface area contributed by atoms with Crippen molar-refractivity contribution in [2.45, 2.75) is 26.3 Å². The Morgan fingerprint density at radius 1 is 1.31 bits per heavy atom. The third kappa shape index (κ3) is 3.26. The third-order valence-corrected chi connectivity index (χ3v) is 2.49. The van der Waals surface area contributed by atoms with Crippen LogP contribution in [0.2, 0.25) is 0 Å². The van der Waals surface area contributed by atoms with Crippen molar-refractivity contribution in [1.82, 2.24) is 10.2 Å². The number of nitrogens with zero attached hydrogens (tertiary/aromatic N) is 1. The van der Waals surface area contributed by atoms with Crippen molar-refractivity contribution in [3.63, 3.8) is 0 Å². The van der Waals surface area contributed by atoms with Gasteiger partial charge in [-0.05, 0) is 12.0 Å². The molecule has 1 N–H and O–H groups in total. The highest BCUT2D eigenvalue weighted by Gasteiger charge is 2.25. The summed E-state index contributed by atoms with van der Waals surface area (Å²) in [6.45, 7) is 4.80. The molecule has 1 atom stereocenters. The maximum absolute atomic E-state index is 11.2. The topological polar surface area (TPSA) is 32.3 Å². The normalized spacial score (nSPS) is 18.8. The quantitative estimate of drug-likeness (QED) is 0.814. The molecule has 1 aromatic carbocycles. The smallest absolute Gasteiger partial charge is 0.317 e. The molecular weight excluding hydrogens is 200 g/mol. The first-order chi connectivity index (χ1) is 7.75. The van der Waals surface area contributed by atoms with Gasteiger partial charge in [-0.3, -0.25) is 0 Å². The first-order valence-electron chi connectivity index (χ1n) is 5.81. The van der Waals surface area contributed by atoms with Crippen LogP contribution in [0.5, 0.6) is 0 Å². The van der Waals surface area contributed by atoms with E-state index in [0.717, 1.165) is 13.0 Å². The van der Waals surface area contributed by atoms with Gasteiger partial charge in [0.2, 0.25) is 0 Å². The fraction of sp³-hybridized carbons (Fsp3) is 0.462. The zero-order valence-electron chi connectivity index (χ0n) is 10.2. The van der Waals surface area contributed by atoms with Crippen LogP contribution in [-0.2, 0) is 6.42 Å². The zero-order chi connectivity index (χ0) is 12.0. The van der Waals surface area contributed by atoms with E-state index in [2.05, 4.69) is 17.4 Å². The molecule has 2 amide bonds. The Morgan fingerprint density at radius 2 is 1.94 bits per heavy atom. The van der Waals surface area contributed by atoms with Crippen molar-refractivity contribution in [2.24, 2.45) is 0 Å². The number of urea groups is 1. The molecule has 1 aliphatic rings. The van der Waals surface area contributed by atoms with Crippen molar-refractivity contribution in [3.05, 3.63) is 35.9 Å². The van der Waals surface area contributed by atoms with Crippen LogP contribution in [0, 0.1) is 0 Å². The highest BCUT2D eigenvalue weighted by molar-refractivity contribution is 5.76. The molecule has 0 aromatic heterocycles. The van der Waals surface area contributed by atoms with Crippen LogP contribution >= 0.6 is 0 Å². The van der Waals surface area contributed by atoms with Gasteiger partial charge in [0.25, 0.3) is 0 Å². The molecule has 16 heavy (non-hydrogen) atoms. The predicted octanol–water partition coefficient (Wildman–Crippen LogP) is 2.28. The Labute approximate surface area is 97.5 Å². The summed E-state index contributed by atoms with van der Waals surface area (Å²) in [5, 5.41) is 2.94. The Balaban J connectivity index is 0.000000606. The zero-order valence-corrected chi connectivity index (χ0v) is 10.2. The SMILES string of the molecule is CC.CN1CC(Cc2ccccc2)NC1=O. The largest absolute Gasteiger partial charge is 0.333 e. The lowest BCUT2D eigenvalue weighted by Crippen LogP contribution is -2.28. The first-order valence-corrected chi connectivity index (χ1v) is 5.81. The van der Waals surface area contributed by atoms with Gasteiger partial charge in [0.05, 0.1) is 6.04 Å². The molecule has 0 radical (unpaired) electrons. The molecule has 0 spiro atoms. The van der Waals surface area contributed by atoms with Gasteiger partial charge in [-0.25, -0.2) is 4.79 Å². The lowest BCUT2D eigenvalue weighted by molar-refractivity contribution is 0.226. The number of hydrogen-bond donors (Lipinski definition) is 1. The molecule has 1 fully saturated rings. The number of benzene rings is 1. The van der Waals surface area contributed by atoms with E-state index >= 15 is 0 Å². The summed E-state index contributed by atoms with van der Waals surface area (Å²) in [5.41, 5.74) is 1.27. The lowest BCUT2D eigenvalue weighted by atomic mass is 10.1. The number of carbonyl (C=O) groups excluding carboxylic acids is 1. The molecule has 88 valence electrons. The van der Waals surface area contributed by atoms with Crippen LogP contribution < -0.4 is 5.32 Å². The monoisotopic (exact) mass is 220 g/mol. The minimum Gasteiger partial charge on any atom is -0.333 e. The van der Waals surface area contributed by atoms with Gasteiger partial charge >= 0.3 is 6.03 Å². The Hall–Kier alpha value is -1.51. The van der Waals surface area contributed by atoms with E-state index < -0.39 is 0 Å². The average molecular weight is 220 g/mol. The number of carbonyl (C=O) groups is 1. The standard InChI is InChI=1S/C11H14N2O.C2H6/c1-13-8-10(12-11(13)14)7-9-5-3-2-4-6-9;1-2/h2-6,10H,7-8H2,1H3,(H,12,14);1-2H3. The first kappa shape index (κ1) is 12.6. The summed E-state index contributed by atoms with van der Waals surface area (Å²) in [6, 6.07) is 10.5. The maximum atomic E-state index is 11.2. The molecule has 2 rings (SSSR count). The molecule has 3 heteroatoms. The van der Waals surface area contributed by atoms with E-state index in [1.54, 1.807) is 4.90 Å². The maximum Gasteiger partial charge on any atom is 0.317 e. The third-order valence-electron chi connectivity index (χ3n) is 2.49. The van der Waals surface area contributed by atoms with Crippen LogP contribution in [0.1, 0.15) is 19.4 Å². The molecule has 1 aliphatic heterocycles. The van der Waals surface area contributed by atoms with Crippen LogP contribution in [-0.4, -0.2) is 30.6 Å². The summed E-state index contributed by atoms with van der Waals surface area (Å²) in [6.07, 6.45) is 0.914. The summed E-state index contributed by atoms with van der Waals surface area (Å²) in [4.78, 5) is 12.9. The molecule has 1 unspecified atom stereocenters. The second-order valence-corrected chi connectivity index (χ2v) is 3.72. The fourth-order valence-electron chi connectivity index (χ4n) is 1.76. The number of amides is 2. The van der Waals surface area contributed by atoms with Gasteiger partial charge in [-0.1, -0.05) is 44.2 Å². The number of hydrogen-bond acceptors (Lipinski definition) is 1. The van der Waals surface area contributed by atoms with Crippen molar-refractivity contribution in [1.29, 1.82) is 0 Å². The Morgan fingerprint density at radius 3 is 2.44 bits per heavy atom. The van der Waals surface area contributed by atoms with Gasteiger partial charge in [-0.15, -0.1) is 0 Å².